The lowest BCUT2D eigenvalue weighted by atomic mass is 10.1. The first kappa shape index (κ1) is 28.5. The van der Waals surface area contributed by atoms with Gasteiger partial charge in [0.1, 0.15) is 12.6 Å². The van der Waals surface area contributed by atoms with Gasteiger partial charge in [-0.05, 0) is 60.9 Å². The molecule has 0 unspecified atom stereocenters. The molecule has 0 saturated heterocycles. The van der Waals surface area contributed by atoms with Crippen LogP contribution in [0.1, 0.15) is 24.5 Å². The molecule has 0 aliphatic rings. The summed E-state index contributed by atoms with van der Waals surface area (Å²) >= 11 is 12.4. The Morgan fingerprint density at radius 1 is 0.973 bits per heavy atom. The van der Waals surface area contributed by atoms with Crippen molar-refractivity contribution in [2.75, 3.05) is 17.9 Å². The van der Waals surface area contributed by atoms with Gasteiger partial charge in [-0.2, -0.15) is 0 Å². The van der Waals surface area contributed by atoms with E-state index < -0.39 is 28.5 Å². The van der Waals surface area contributed by atoms with Gasteiger partial charge in [0.05, 0.1) is 10.6 Å². The Hall–Kier alpha value is -3.07. The molecule has 0 aliphatic carbocycles. The number of rotatable bonds is 10. The van der Waals surface area contributed by atoms with Crippen molar-refractivity contribution in [2.24, 2.45) is 0 Å². The molecule has 3 rings (SSSR count). The fourth-order valence-electron chi connectivity index (χ4n) is 3.95. The van der Waals surface area contributed by atoms with Crippen LogP contribution < -0.4 is 9.62 Å². The van der Waals surface area contributed by atoms with Crippen LogP contribution in [0.15, 0.2) is 77.7 Å². The van der Waals surface area contributed by atoms with Gasteiger partial charge in [-0.1, -0.05) is 66.5 Å². The molecule has 37 heavy (non-hydrogen) atoms. The Morgan fingerprint density at radius 2 is 1.68 bits per heavy atom. The molecule has 10 heteroatoms. The van der Waals surface area contributed by atoms with E-state index in [1.54, 1.807) is 61.5 Å². The Kier molecular flexibility index (Phi) is 9.59. The Balaban J connectivity index is 2.07. The first-order valence-corrected chi connectivity index (χ1v) is 13.9. The van der Waals surface area contributed by atoms with Crippen molar-refractivity contribution < 1.29 is 18.0 Å². The van der Waals surface area contributed by atoms with E-state index in [1.807, 2.05) is 13.0 Å². The SMILES string of the molecule is CC[C@H](C(=O)NC)N(Cc1ccc(Cl)cc1Cl)C(=O)CN(c1cccc(C)c1)S(=O)(=O)c1ccccc1. The number of hydrogen-bond donors (Lipinski definition) is 1. The van der Waals surface area contributed by atoms with E-state index >= 15 is 0 Å². The Bertz CT molecular complexity index is 1370. The maximum atomic E-state index is 13.9. The van der Waals surface area contributed by atoms with Gasteiger partial charge < -0.3 is 10.2 Å². The summed E-state index contributed by atoms with van der Waals surface area (Å²) in [6.45, 7) is 3.10. The summed E-state index contributed by atoms with van der Waals surface area (Å²) in [4.78, 5) is 28.0. The van der Waals surface area contributed by atoms with Crippen molar-refractivity contribution >= 4 is 50.7 Å². The molecule has 0 bridgehead atoms. The van der Waals surface area contributed by atoms with Crippen molar-refractivity contribution in [3.05, 3.63) is 94.0 Å². The third-order valence-corrected chi connectivity index (χ3v) is 8.26. The number of benzene rings is 3. The van der Waals surface area contributed by atoms with Gasteiger partial charge in [-0.25, -0.2) is 8.42 Å². The number of sulfonamides is 1. The highest BCUT2D eigenvalue weighted by Crippen LogP contribution is 2.27. The van der Waals surface area contributed by atoms with Crippen LogP contribution in [0, 0.1) is 6.92 Å². The first-order chi connectivity index (χ1) is 17.6. The van der Waals surface area contributed by atoms with E-state index in [0.29, 0.717) is 27.7 Å². The average molecular weight is 563 g/mol. The minimum absolute atomic E-state index is 0.00615. The molecule has 0 fully saturated rings. The average Bonchev–Trinajstić information content (AvgIpc) is 2.88. The highest BCUT2D eigenvalue weighted by molar-refractivity contribution is 7.92. The lowest BCUT2D eigenvalue weighted by Gasteiger charge is -2.33. The summed E-state index contributed by atoms with van der Waals surface area (Å²) in [5.74, 6) is -0.920. The second-order valence-electron chi connectivity index (χ2n) is 8.46. The van der Waals surface area contributed by atoms with Gasteiger partial charge in [-0.3, -0.25) is 13.9 Å². The lowest BCUT2D eigenvalue weighted by Crippen LogP contribution is -2.51. The standard InChI is InChI=1S/C27H29Cl2N3O4S/c1-4-25(27(34)30-3)31(17-20-13-14-21(28)16-24(20)29)26(33)18-32(22-10-8-9-19(2)15-22)37(35,36)23-11-6-5-7-12-23/h5-16,25H,4,17-18H2,1-3H3,(H,30,34)/t25-/m1/s1. The molecule has 1 N–H and O–H groups in total. The zero-order valence-corrected chi connectivity index (χ0v) is 23.1. The number of anilines is 1. The van der Waals surface area contributed by atoms with Gasteiger partial charge in [0.25, 0.3) is 10.0 Å². The van der Waals surface area contributed by atoms with Gasteiger partial charge >= 0.3 is 0 Å². The molecule has 0 aromatic heterocycles. The smallest absolute Gasteiger partial charge is 0.264 e. The quantitative estimate of drug-likeness (QED) is 0.375. The Labute approximate surface area is 228 Å². The number of carbonyl (C=O) groups excluding carboxylic acids is 2. The molecule has 1 atom stereocenters. The van der Waals surface area contributed by atoms with Crippen molar-refractivity contribution in [1.29, 1.82) is 0 Å². The summed E-state index contributed by atoms with van der Waals surface area (Å²) in [7, 11) is -2.61. The number of likely N-dealkylation sites (N-methyl/N-ethyl adjacent to an activating group) is 1. The van der Waals surface area contributed by atoms with Gasteiger partial charge in [-0.15, -0.1) is 0 Å². The summed E-state index contributed by atoms with van der Waals surface area (Å²) in [5, 5.41) is 3.36. The minimum atomic E-state index is -4.10. The molecule has 7 nitrogen and oxygen atoms in total. The molecule has 0 saturated carbocycles. The molecule has 0 spiro atoms. The van der Waals surface area contributed by atoms with Crippen molar-refractivity contribution in [1.82, 2.24) is 10.2 Å². The highest BCUT2D eigenvalue weighted by atomic mass is 35.5. The summed E-state index contributed by atoms with van der Waals surface area (Å²) < 4.78 is 28.5. The number of nitrogens with zero attached hydrogens (tertiary/aromatic N) is 2. The first-order valence-electron chi connectivity index (χ1n) is 11.7. The lowest BCUT2D eigenvalue weighted by molar-refractivity contribution is -0.140. The van der Waals surface area contributed by atoms with Gasteiger partial charge in [0.15, 0.2) is 0 Å². The maximum Gasteiger partial charge on any atom is 0.264 e. The fraction of sp³-hybridized carbons (Fsp3) is 0.259. The van der Waals surface area contributed by atoms with Crippen LogP contribution in [0.3, 0.4) is 0 Å². The van der Waals surface area contributed by atoms with Gasteiger partial charge in [0, 0.05) is 23.6 Å². The normalized spacial score (nSPS) is 12.0. The van der Waals surface area contributed by atoms with Crippen LogP contribution in [-0.4, -0.2) is 44.8 Å². The van der Waals surface area contributed by atoms with E-state index in [4.69, 9.17) is 23.2 Å². The molecule has 0 aliphatic heterocycles. The molecule has 3 aromatic rings. The third-order valence-electron chi connectivity index (χ3n) is 5.89. The van der Waals surface area contributed by atoms with Gasteiger partial charge in [0.2, 0.25) is 11.8 Å². The zero-order valence-electron chi connectivity index (χ0n) is 20.8. The largest absolute Gasteiger partial charge is 0.357 e. The monoisotopic (exact) mass is 561 g/mol. The van der Waals surface area contributed by atoms with E-state index in [1.165, 1.54) is 24.1 Å². The molecule has 196 valence electrons. The predicted octanol–water partition coefficient (Wildman–Crippen LogP) is 5.05. The van der Waals surface area contributed by atoms with Crippen LogP contribution in [-0.2, 0) is 26.2 Å². The number of aryl methyl sites for hydroxylation is 1. The van der Waals surface area contributed by atoms with Crippen LogP contribution >= 0.6 is 23.2 Å². The predicted molar refractivity (Wildman–Crippen MR) is 147 cm³/mol. The third kappa shape index (κ3) is 6.83. The number of hydrogen-bond acceptors (Lipinski definition) is 4. The Morgan fingerprint density at radius 3 is 2.27 bits per heavy atom. The number of nitrogens with one attached hydrogen (secondary N) is 1. The van der Waals surface area contributed by atoms with Crippen molar-refractivity contribution in [3.8, 4) is 0 Å². The molecule has 0 radical (unpaired) electrons. The molecular formula is C27H29Cl2N3O4S. The zero-order chi connectivity index (χ0) is 27.2. The topological polar surface area (TPSA) is 86.8 Å². The van der Waals surface area contributed by atoms with Crippen LogP contribution in [0.5, 0.6) is 0 Å². The van der Waals surface area contributed by atoms with Crippen LogP contribution in [0.2, 0.25) is 10.0 Å². The molecule has 2 amide bonds. The minimum Gasteiger partial charge on any atom is -0.357 e. The second kappa shape index (κ2) is 12.4. The number of halogens is 2. The molecular weight excluding hydrogens is 533 g/mol. The van der Waals surface area contributed by atoms with E-state index in [-0.39, 0.29) is 17.3 Å². The number of amides is 2. The maximum absolute atomic E-state index is 13.9. The van der Waals surface area contributed by atoms with E-state index in [2.05, 4.69) is 5.32 Å². The van der Waals surface area contributed by atoms with Crippen molar-refractivity contribution in [2.45, 2.75) is 37.8 Å². The summed E-state index contributed by atoms with van der Waals surface area (Å²) in [6.07, 6.45) is 0.312. The van der Waals surface area contributed by atoms with Crippen LogP contribution in [0.25, 0.3) is 0 Å². The second-order valence-corrected chi connectivity index (χ2v) is 11.2. The van der Waals surface area contributed by atoms with Crippen LogP contribution in [0.4, 0.5) is 5.69 Å². The van der Waals surface area contributed by atoms with E-state index in [0.717, 1.165) is 9.87 Å². The summed E-state index contributed by atoms with van der Waals surface area (Å²) in [6, 6.07) is 18.9. The number of carbonyl (C=O) groups is 2. The van der Waals surface area contributed by atoms with Crippen molar-refractivity contribution in [3.63, 3.8) is 0 Å². The molecule has 0 heterocycles. The molecule has 3 aromatic carbocycles. The summed E-state index contributed by atoms with van der Waals surface area (Å²) in [5.41, 5.74) is 1.75. The fourth-order valence-corrected chi connectivity index (χ4v) is 5.85. The highest BCUT2D eigenvalue weighted by Gasteiger charge is 2.33. The van der Waals surface area contributed by atoms with E-state index in [9.17, 15) is 18.0 Å².